The van der Waals surface area contributed by atoms with E-state index in [2.05, 4.69) is 10.1 Å². The molecular formula is C12H15NO4. The molecule has 0 saturated heterocycles. The number of esters is 1. The average molecular weight is 237 g/mol. The van der Waals surface area contributed by atoms with Crippen molar-refractivity contribution in [2.24, 2.45) is 0 Å². The van der Waals surface area contributed by atoms with Crippen molar-refractivity contribution in [1.82, 2.24) is 5.32 Å². The molecule has 92 valence electrons. The second kappa shape index (κ2) is 6.00. The van der Waals surface area contributed by atoms with Gasteiger partial charge in [-0.15, -0.1) is 0 Å². The van der Waals surface area contributed by atoms with Crippen molar-refractivity contribution < 1.29 is 19.4 Å². The molecule has 1 rings (SSSR count). The molecule has 0 saturated carbocycles. The molecule has 0 spiro atoms. The number of aliphatic hydroxyl groups excluding tert-OH is 1. The summed E-state index contributed by atoms with van der Waals surface area (Å²) in [5.41, 5.74) is 0.539. The van der Waals surface area contributed by atoms with E-state index in [4.69, 9.17) is 0 Å². The largest absolute Gasteiger partial charge is 0.467 e. The Kier molecular flexibility index (Phi) is 4.66. The van der Waals surface area contributed by atoms with Gasteiger partial charge in [-0.25, -0.2) is 4.79 Å². The molecule has 0 aliphatic carbocycles. The second-order valence-corrected chi connectivity index (χ2v) is 3.56. The van der Waals surface area contributed by atoms with Crippen LogP contribution in [0.25, 0.3) is 0 Å². The summed E-state index contributed by atoms with van der Waals surface area (Å²) in [5.74, 6) is -1.09. The Morgan fingerprint density at radius 3 is 2.35 bits per heavy atom. The third kappa shape index (κ3) is 3.57. The maximum Gasteiger partial charge on any atom is 0.331 e. The highest BCUT2D eigenvalue weighted by molar-refractivity contribution is 5.83. The van der Waals surface area contributed by atoms with Crippen molar-refractivity contribution in [1.29, 1.82) is 0 Å². The molecule has 17 heavy (non-hydrogen) atoms. The Morgan fingerprint density at radius 1 is 1.29 bits per heavy atom. The molecular weight excluding hydrogens is 222 g/mol. The number of nitrogens with one attached hydrogen (secondary N) is 1. The average Bonchev–Trinajstić information content (AvgIpc) is 2.35. The Labute approximate surface area is 99.4 Å². The minimum atomic E-state index is -1.13. The van der Waals surface area contributed by atoms with E-state index in [-0.39, 0.29) is 0 Å². The molecule has 0 heterocycles. The summed E-state index contributed by atoms with van der Waals surface area (Å²) in [6, 6.07) is 7.51. The Morgan fingerprint density at radius 2 is 1.88 bits per heavy atom. The summed E-state index contributed by atoms with van der Waals surface area (Å²) in [4.78, 5) is 22.4. The van der Waals surface area contributed by atoms with Gasteiger partial charge in [-0.2, -0.15) is 0 Å². The zero-order chi connectivity index (χ0) is 12.8. The first-order valence-corrected chi connectivity index (χ1v) is 5.14. The summed E-state index contributed by atoms with van der Waals surface area (Å²) < 4.78 is 4.54. The molecule has 1 amide bonds. The predicted octanol–water partition coefficient (Wildman–Crippen LogP) is 0.398. The number of hydrogen-bond acceptors (Lipinski definition) is 4. The summed E-state index contributed by atoms with van der Waals surface area (Å²) >= 11 is 0. The van der Waals surface area contributed by atoms with Crippen LogP contribution >= 0.6 is 0 Å². The maximum atomic E-state index is 11.5. The van der Waals surface area contributed by atoms with Crippen LogP contribution in [-0.4, -0.2) is 30.1 Å². The van der Waals surface area contributed by atoms with E-state index in [0.717, 1.165) is 0 Å². The summed E-state index contributed by atoms with van der Waals surface area (Å²) in [7, 11) is 1.20. The van der Waals surface area contributed by atoms with Gasteiger partial charge in [-0.1, -0.05) is 30.3 Å². The van der Waals surface area contributed by atoms with E-state index in [1.807, 2.05) is 0 Å². The van der Waals surface area contributed by atoms with E-state index >= 15 is 0 Å². The number of hydrogen-bond donors (Lipinski definition) is 2. The second-order valence-electron chi connectivity index (χ2n) is 3.56. The molecule has 1 aromatic carbocycles. The highest BCUT2D eigenvalue weighted by Crippen LogP contribution is 2.17. The fourth-order valence-corrected chi connectivity index (χ4v) is 1.46. The van der Waals surface area contributed by atoms with E-state index in [0.29, 0.717) is 5.56 Å². The lowest BCUT2D eigenvalue weighted by molar-refractivity contribution is -0.148. The van der Waals surface area contributed by atoms with Crippen molar-refractivity contribution in [2.45, 2.75) is 19.1 Å². The topological polar surface area (TPSA) is 75.6 Å². The first-order valence-electron chi connectivity index (χ1n) is 5.14. The van der Waals surface area contributed by atoms with Crippen LogP contribution in [0.15, 0.2) is 30.3 Å². The van der Waals surface area contributed by atoms with Crippen LogP contribution < -0.4 is 5.32 Å². The lowest BCUT2D eigenvalue weighted by Crippen LogP contribution is -2.44. The molecule has 5 heteroatoms. The predicted molar refractivity (Wildman–Crippen MR) is 61.0 cm³/mol. The number of rotatable bonds is 4. The number of ether oxygens (including phenoxy) is 1. The number of aliphatic hydroxyl groups is 1. The molecule has 0 aliphatic rings. The molecule has 2 atom stereocenters. The Balaban J connectivity index is 2.90. The number of carbonyl (C=O) groups excluding carboxylic acids is 2. The number of methoxy groups -OCH3 is 1. The fourth-order valence-electron chi connectivity index (χ4n) is 1.46. The highest BCUT2D eigenvalue weighted by atomic mass is 16.5. The molecule has 1 aromatic rings. The molecule has 0 bridgehead atoms. The monoisotopic (exact) mass is 237 g/mol. The van der Waals surface area contributed by atoms with E-state index in [9.17, 15) is 14.7 Å². The highest BCUT2D eigenvalue weighted by Gasteiger charge is 2.29. The zero-order valence-corrected chi connectivity index (χ0v) is 9.71. The normalized spacial score (nSPS) is 13.6. The number of benzene rings is 1. The van der Waals surface area contributed by atoms with Crippen molar-refractivity contribution in [3.63, 3.8) is 0 Å². The molecule has 0 aromatic heterocycles. The fraction of sp³-hybridized carbons (Fsp3) is 0.333. The maximum absolute atomic E-state index is 11.5. The summed E-state index contributed by atoms with van der Waals surface area (Å²) in [6.07, 6.45) is -1.13. The Hall–Kier alpha value is -1.88. The van der Waals surface area contributed by atoms with Gasteiger partial charge in [0.15, 0.2) is 6.04 Å². The van der Waals surface area contributed by atoms with Crippen LogP contribution in [0.1, 0.15) is 18.6 Å². The van der Waals surface area contributed by atoms with E-state index < -0.39 is 24.0 Å². The Bertz CT molecular complexity index is 391. The SMILES string of the molecule is COC(=O)[C@H](NC(C)=O)[C@H](O)c1ccccc1. The van der Waals surface area contributed by atoms with Crippen LogP contribution in [0.5, 0.6) is 0 Å². The quantitative estimate of drug-likeness (QED) is 0.743. The molecule has 0 fully saturated rings. The molecule has 0 aliphatic heterocycles. The van der Waals surface area contributed by atoms with Crippen LogP contribution in [0.2, 0.25) is 0 Å². The van der Waals surface area contributed by atoms with Crippen molar-refractivity contribution in [2.75, 3.05) is 7.11 Å². The van der Waals surface area contributed by atoms with Crippen molar-refractivity contribution >= 4 is 11.9 Å². The van der Waals surface area contributed by atoms with Gasteiger partial charge in [0, 0.05) is 6.92 Å². The van der Waals surface area contributed by atoms with Gasteiger partial charge in [-0.05, 0) is 5.56 Å². The minimum Gasteiger partial charge on any atom is -0.467 e. The number of amides is 1. The molecule has 2 N–H and O–H groups in total. The minimum absolute atomic E-state index is 0.407. The first-order chi connectivity index (χ1) is 8.06. The lowest BCUT2D eigenvalue weighted by atomic mass is 10.0. The lowest BCUT2D eigenvalue weighted by Gasteiger charge is -2.21. The molecule has 0 unspecified atom stereocenters. The number of carbonyl (C=O) groups is 2. The van der Waals surface area contributed by atoms with Gasteiger partial charge < -0.3 is 15.2 Å². The van der Waals surface area contributed by atoms with Gasteiger partial charge in [0.25, 0.3) is 0 Å². The summed E-state index contributed by atoms with van der Waals surface area (Å²) in [5, 5.41) is 12.4. The zero-order valence-electron chi connectivity index (χ0n) is 9.71. The van der Waals surface area contributed by atoms with Gasteiger partial charge in [-0.3, -0.25) is 4.79 Å². The smallest absolute Gasteiger partial charge is 0.331 e. The third-order valence-corrected chi connectivity index (χ3v) is 2.27. The van der Waals surface area contributed by atoms with Crippen LogP contribution in [0, 0.1) is 0 Å². The van der Waals surface area contributed by atoms with E-state index in [1.165, 1.54) is 14.0 Å². The van der Waals surface area contributed by atoms with Crippen molar-refractivity contribution in [3.05, 3.63) is 35.9 Å². The third-order valence-electron chi connectivity index (χ3n) is 2.27. The van der Waals surface area contributed by atoms with Crippen LogP contribution in [0.3, 0.4) is 0 Å². The van der Waals surface area contributed by atoms with Gasteiger partial charge in [0.2, 0.25) is 5.91 Å². The van der Waals surface area contributed by atoms with Crippen LogP contribution in [-0.2, 0) is 14.3 Å². The standard InChI is InChI=1S/C12H15NO4/c1-8(14)13-10(12(16)17-2)11(15)9-6-4-3-5-7-9/h3-7,10-11,15H,1-2H3,(H,13,14)/t10-,11-/m1/s1. The van der Waals surface area contributed by atoms with Crippen molar-refractivity contribution in [3.8, 4) is 0 Å². The van der Waals surface area contributed by atoms with Crippen LogP contribution in [0.4, 0.5) is 0 Å². The molecule has 0 radical (unpaired) electrons. The van der Waals surface area contributed by atoms with Gasteiger partial charge in [0.05, 0.1) is 7.11 Å². The van der Waals surface area contributed by atoms with Gasteiger partial charge in [0.1, 0.15) is 6.10 Å². The first kappa shape index (κ1) is 13.2. The summed E-state index contributed by atoms with van der Waals surface area (Å²) in [6.45, 7) is 1.27. The molecule has 5 nitrogen and oxygen atoms in total. The van der Waals surface area contributed by atoms with E-state index in [1.54, 1.807) is 30.3 Å². The van der Waals surface area contributed by atoms with Gasteiger partial charge >= 0.3 is 5.97 Å².